The first-order valence-electron chi connectivity index (χ1n) is 6.81. The second-order valence-electron chi connectivity index (χ2n) is 5.23. The molecule has 7 heteroatoms. The van der Waals surface area contributed by atoms with Gasteiger partial charge >= 0.3 is 0 Å². The molecular formula is C13H27N5OS. The summed E-state index contributed by atoms with van der Waals surface area (Å²) in [6, 6.07) is 0.0296. The van der Waals surface area contributed by atoms with E-state index < -0.39 is 0 Å². The number of hydrogen-bond acceptors (Lipinski definition) is 6. The molecule has 0 aromatic carbocycles. The van der Waals surface area contributed by atoms with Crippen LogP contribution in [0.3, 0.4) is 0 Å². The summed E-state index contributed by atoms with van der Waals surface area (Å²) in [6.07, 6.45) is 1.76. The van der Waals surface area contributed by atoms with Crippen molar-refractivity contribution in [3.63, 3.8) is 0 Å². The number of methoxy groups -OCH3 is 1. The lowest BCUT2D eigenvalue weighted by Crippen LogP contribution is -2.33. The summed E-state index contributed by atoms with van der Waals surface area (Å²) in [5.74, 6) is 7.40. The van der Waals surface area contributed by atoms with Crippen LogP contribution in [0.2, 0.25) is 0 Å². The van der Waals surface area contributed by atoms with Crippen molar-refractivity contribution in [2.24, 2.45) is 5.84 Å². The molecule has 0 spiro atoms. The van der Waals surface area contributed by atoms with Crippen LogP contribution in [0.4, 0.5) is 0 Å². The first-order chi connectivity index (χ1) is 9.49. The third kappa shape index (κ3) is 4.97. The van der Waals surface area contributed by atoms with Gasteiger partial charge in [0, 0.05) is 12.3 Å². The Hall–Kier alpha value is -0.760. The van der Waals surface area contributed by atoms with Crippen LogP contribution in [-0.4, -0.2) is 53.4 Å². The maximum absolute atomic E-state index is 5.73. The van der Waals surface area contributed by atoms with Crippen LogP contribution in [0.1, 0.15) is 25.6 Å². The third-order valence-electron chi connectivity index (χ3n) is 2.95. The molecule has 1 aromatic rings. The van der Waals surface area contributed by atoms with Crippen LogP contribution < -0.4 is 16.0 Å². The van der Waals surface area contributed by atoms with E-state index in [4.69, 9.17) is 10.6 Å². The lowest BCUT2D eigenvalue weighted by atomic mass is 10.2. The van der Waals surface area contributed by atoms with Gasteiger partial charge in [-0.2, -0.15) is 16.9 Å². The fourth-order valence-corrected chi connectivity index (χ4v) is 2.69. The molecule has 0 fully saturated rings. The van der Waals surface area contributed by atoms with Crippen LogP contribution in [0, 0.1) is 0 Å². The summed E-state index contributed by atoms with van der Waals surface area (Å²) >= 11 is 1.86. The minimum Gasteiger partial charge on any atom is -0.493 e. The van der Waals surface area contributed by atoms with Crippen LogP contribution in [0.15, 0.2) is 6.20 Å². The molecule has 1 aromatic heterocycles. The van der Waals surface area contributed by atoms with Gasteiger partial charge in [0.25, 0.3) is 0 Å². The van der Waals surface area contributed by atoms with Crippen molar-refractivity contribution in [2.75, 3.05) is 33.5 Å². The molecule has 20 heavy (non-hydrogen) atoms. The molecule has 0 saturated carbocycles. The quantitative estimate of drug-likeness (QED) is 0.526. The SMILES string of the molecule is COc1cnn(CCN(C)C)c1C(CSC(C)C)NN. The second-order valence-corrected chi connectivity index (χ2v) is 6.84. The molecule has 0 aliphatic rings. The van der Waals surface area contributed by atoms with Gasteiger partial charge in [-0.1, -0.05) is 13.8 Å². The van der Waals surface area contributed by atoms with E-state index in [1.165, 1.54) is 0 Å². The van der Waals surface area contributed by atoms with E-state index >= 15 is 0 Å². The molecule has 1 heterocycles. The topological polar surface area (TPSA) is 68.3 Å². The predicted molar refractivity (Wildman–Crippen MR) is 85.0 cm³/mol. The van der Waals surface area contributed by atoms with Crippen molar-refractivity contribution in [2.45, 2.75) is 31.7 Å². The molecule has 3 N–H and O–H groups in total. The van der Waals surface area contributed by atoms with Gasteiger partial charge in [0.2, 0.25) is 0 Å². The van der Waals surface area contributed by atoms with Gasteiger partial charge in [0.15, 0.2) is 5.75 Å². The Kier molecular flexibility index (Phi) is 7.36. The Morgan fingerprint density at radius 1 is 1.50 bits per heavy atom. The Balaban J connectivity index is 2.89. The first-order valence-corrected chi connectivity index (χ1v) is 7.86. The molecule has 6 nitrogen and oxygen atoms in total. The standard InChI is InChI=1S/C13H27N5OS/c1-10(2)20-9-11(16-14)13-12(19-5)8-15-18(13)7-6-17(3)4/h8,10-11,16H,6-7,9,14H2,1-5H3. The number of aromatic nitrogens is 2. The number of rotatable bonds is 9. The highest BCUT2D eigenvalue weighted by atomic mass is 32.2. The lowest BCUT2D eigenvalue weighted by molar-refractivity contribution is 0.358. The molecule has 116 valence electrons. The highest BCUT2D eigenvalue weighted by Crippen LogP contribution is 2.28. The summed E-state index contributed by atoms with van der Waals surface area (Å²) in [7, 11) is 5.77. The third-order valence-corrected chi connectivity index (χ3v) is 4.14. The minimum atomic E-state index is 0.0296. The summed E-state index contributed by atoms with van der Waals surface area (Å²) in [6.45, 7) is 6.10. The number of nitrogens with zero attached hydrogens (tertiary/aromatic N) is 3. The van der Waals surface area contributed by atoms with Gasteiger partial charge in [-0.05, 0) is 19.3 Å². The van der Waals surface area contributed by atoms with Crippen molar-refractivity contribution in [1.82, 2.24) is 20.1 Å². The van der Waals surface area contributed by atoms with E-state index in [1.807, 2.05) is 30.5 Å². The summed E-state index contributed by atoms with van der Waals surface area (Å²) in [5.41, 5.74) is 3.91. The summed E-state index contributed by atoms with van der Waals surface area (Å²) in [4.78, 5) is 2.13. The fraction of sp³-hybridized carbons (Fsp3) is 0.769. The van der Waals surface area contributed by atoms with Crippen molar-refractivity contribution in [3.05, 3.63) is 11.9 Å². The Bertz CT molecular complexity index is 394. The van der Waals surface area contributed by atoms with Crippen molar-refractivity contribution in [1.29, 1.82) is 0 Å². The van der Waals surface area contributed by atoms with E-state index in [2.05, 4.69) is 29.3 Å². The fourth-order valence-electron chi connectivity index (χ4n) is 1.85. The zero-order valence-electron chi connectivity index (χ0n) is 13.1. The highest BCUT2D eigenvalue weighted by Gasteiger charge is 2.21. The normalized spacial score (nSPS) is 13.2. The number of ether oxygens (including phenoxy) is 1. The minimum absolute atomic E-state index is 0.0296. The smallest absolute Gasteiger partial charge is 0.161 e. The van der Waals surface area contributed by atoms with Crippen LogP contribution in [0.5, 0.6) is 5.75 Å². The van der Waals surface area contributed by atoms with E-state index in [0.29, 0.717) is 5.25 Å². The largest absolute Gasteiger partial charge is 0.493 e. The highest BCUT2D eigenvalue weighted by molar-refractivity contribution is 7.99. The average Bonchev–Trinajstić information content (AvgIpc) is 2.80. The maximum Gasteiger partial charge on any atom is 0.161 e. The molecular weight excluding hydrogens is 274 g/mol. The second kappa shape index (κ2) is 8.51. The summed E-state index contributed by atoms with van der Waals surface area (Å²) < 4.78 is 7.40. The zero-order valence-corrected chi connectivity index (χ0v) is 13.9. The van der Waals surface area contributed by atoms with Crippen molar-refractivity contribution >= 4 is 11.8 Å². The van der Waals surface area contributed by atoms with Crippen LogP contribution in [0.25, 0.3) is 0 Å². The van der Waals surface area contributed by atoms with Gasteiger partial charge < -0.3 is 9.64 Å². The first kappa shape index (κ1) is 17.3. The molecule has 0 amide bonds. The molecule has 0 radical (unpaired) electrons. The van der Waals surface area contributed by atoms with Crippen molar-refractivity contribution in [3.8, 4) is 5.75 Å². The molecule has 0 aliphatic carbocycles. The lowest BCUT2D eigenvalue weighted by Gasteiger charge is -2.20. The Morgan fingerprint density at radius 3 is 2.70 bits per heavy atom. The number of nitrogens with one attached hydrogen (secondary N) is 1. The van der Waals surface area contributed by atoms with Gasteiger partial charge in [-0.3, -0.25) is 16.0 Å². The van der Waals surface area contributed by atoms with E-state index in [9.17, 15) is 0 Å². The maximum atomic E-state index is 5.73. The Labute approximate surface area is 126 Å². The van der Waals surface area contributed by atoms with Crippen molar-refractivity contribution < 1.29 is 4.74 Å². The van der Waals surface area contributed by atoms with E-state index in [0.717, 1.165) is 30.3 Å². The molecule has 0 aliphatic heterocycles. The van der Waals surface area contributed by atoms with Crippen LogP contribution in [-0.2, 0) is 6.54 Å². The van der Waals surface area contributed by atoms with Gasteiger partial charge in [0.05, 0.1) is 31.6 Å². The Morgan fingerprint density at radius 2 is 2.20 bits per heavy atom. The summed E-state index contributed by atoms with van der Waals surface area (Å²) in [5, 5.41) is 4.98. The number of thioether (sulfide) groups is 1. The van der Waals surface area contributed by atoms with Gasteiger partial charge in [0.1, 0.15) is 0 Å². The van der Waals surface area contributed by atoms with Crippen LogP contribution >= 0.6 is 11.8 Å². The molecule has 1 rings (SSSR count). The van der Waals surface area contributed by atoms with Gasteiger partial charge in [-0.25, -0.2) is 0 Å². The van der Waals surface area contributed by atoms with E-state index in [-0.39, 0.29) is 6.04 Å². The van der Waals surface area contributed by atoms with E-state index in [1.54, 1.807) is 13.3 Å². The number of nitrogens with two attached hydrogens (primary N) is 1. The molecule has 1 atom stereocenters. The molecule has 1 unspecified atom stereocenters. The van der Waals surface area contributed by atoms with Gasteiger partial charge in [-0.15, -0.1) is 0 Å². The monoisotopic (exact) mass is 301 g/mol. The molecule has 0 bridgehead atoms. The number of hydrazine groups is 1. The number of likely N-dealkylation sites (N-methyl/N-ethyl adjacent to an activating group) is 1. The average molecular weight is 301 g/mol. The predicted octanol–water partition coefficient (Wildman–Crippen LogP) is 1.10. The molecule has 0 saturated heterocycles. The number of hydrogen-bond donors (Lipinski definition) is 2. The zero-order chi connectivity index (χ0) is 15.1.